The maximum atomic E-state index is 11.3. The molecule has 3 nitrogen and oxygen atoms in total. The number of hydrogen-bond acceptors (Lipinski definition) is 3. The summed E-state index contributed by atoms with van der Waals surface area (Å²) in [7, 11) is 0. The van der Waals surface area contributed by atoms with E-state index in [-0.39, 0.29) is 5.92 Å². The molecule has 1 aromatic rings. The van der Waals surface area contributed by atoms with Crippen LogP contribution in [0.4, 0.5) is 0 Å². The molecule has 110 valence electrons. The van der Waals surface area contributed by atoms with Crippen LogP contribution in [0.5, 0.6) is 0 Å². The smallest absolute Gasteiger partial charge is 0.330 e. The minimum atomic E-state index is -0.954. The number of carbonyl (C=O) groups is 1. The number of halogens is 2. The van der Waals surface area contributed by atoms with Gasteiger partial charge < -0.3 is 9.84 Å². The van der Waals surface area contributed by atoms with Crippen LogP contribution in [0.2, 0.25) is 0 Å². The number of esters is 1. The van der Waals surface area contributed by atoms with Crippen LogP contribution in [0.3, 0.4) is 0 Å². The molecule has 0 saturated carbocycles. The van der Waals surface area contributed by atoms with Gasteiger partial charge in [0.1, 0.15) is 4.84 Å². The zero-order chi connectivity index (χ0) is 15.0. The van der Waals surface area contributed by atoms with Crippen LogP contribution in [0.1, 0.15) is 12.5 Å². The highest BCUT2D eigenvalue weighted by molar-refractivity contribution is 6.44. The number of hydrogen-bond donors (Lipinski definition) is 1. The number of ether oxygens (including phenoxy) is 1. The Bertz CT molecular complexity index is 432. The molecule has 0 saturated heterocycles. The van der Waals surface area contributed by atoms with E-state index >= 15 is 0 Å². The molecule has 5 heteroatoms. The minimum absolute atomic E-state index is 0.308. The Morgan fingerprint density at radius 1 is 1.35 bits per heavy atom. The normalized spacial score (nSPS) is 14.4. The summed E-state index contributed by atoms with van der Waals surface area (Å²) in [4.78, 5) is 10.4. The molecule has 0 radical (unpaired) electrons. The molecule has 1 aromatic carbocycles. The van der Waals surface area contributed by atoms with Gasteiger partial charge in [0.2, 0.25) is 0 Å². The second-order valence-corrected chi connectivity index (χ2v) is 5.45. The molecule has 0 heterocycles. The molecule has 0 fully saturated rings. The molecule has 0 amide bonds. The van der Waals surface area contributed by atoms with Crippen molar-refractivity contribution in [2.75, 3.05) is 6.61 Å². The molecule has 0 aromatic heterocycles. The first-order valence-corrected chi connectivity index (χ1v) is 7.27. The van der Waals surface area contributed by atoms with Crippen molar-refractivity contribution in [1.82, 2.24) is 0 Å². The maximum absolute atomic E-state index is 11.3. The molecule has 0 aliphatic heterocycles. The third-order valence-electron chi connectivity index (χ3n) is 2.78. The Labute approximate surface area is 129 Å². The van der Waals surface area contributed by atoms with Gasteiger partial charge in [0, 0.05) is 12.0 Å². The predicted molar refractivity (Wildman–Crippen MR) is 80.9 cm³/mol. The van der Waals surface area contributed by atoms with Crippen LogP contribution in [-0.4, -0.2) is 28.6 Å². The van der Waals surface area contributed by atoms with E-state index in [1.165, 1.54) is 6.08 Å². The van der Waals surface area contributed by atoms with Gasteiger partial charge in [0.15, 0.2) is 0 Å². The summed E-state index contributed by atoms with van der Waals surface area (Å²) in [6.45, 7) is 2.04. The monoisotopic (exact) mass is 316 g/mol. The van der Waals surface area contributed by atoms with Crippen molar-refractivity contribution in [3.63, 3.8) is 0 Å². The van der Waals surface area contributed by atoms with Crippen LogP contribution < -0.4 is 0 Å². The minimum Gasteiger partial charge on any atom is -0.463 e. The SMILES string of the molecule is CCOC(=O)/C=C/[C@@H](Cc1ccccc1)[C@@H](O)C(Cl)Cl. The summed E-state index contributed by atoms with van der Waals surface area (Å²) in [6.07, 6.45) is 2.47. The first-order chi connectivity index (χ1) is 9.54. The summed E-state index contributed by atoms with van der Waals surface area (Å²) in [5.74, 6) is -0.805. The topological polar surface area (TPSA) is 46.5 Å². The Morgan fingerprint density at radius 3 is 2.55 bits per heavy atom. The molecular formula is C15H18Cl2O3. The van der Waals surface area contributed by atoms with Gasteiger partial charge in [-0.05, 0) is 18.9 Å². The Morgan fingerprint density at radius 2 is 2.00 bits per heavy atom. The van der Waals surface area contributed by atoms with E-state index in [9.17, 15) is 9.90 Å². The first kappa shape index (κ1) is 17.0. The van der Waals surface area contributed by atoms with Crippen LogP contribution in [0.15, 0.2) is 42.5 Å². The summed E-state index contributed by atoms with van der Waals surface area (Å²) < 4.78 is 4.81. The van der Waals surface area contributed by atoms with Gasteiger partial charge in [-0.2, -0.15) is 0 Å². The van der Waals surface area contributed by atoms with Gasteiger partial charge >= 0.3 is 5.97 Å². The molecule has 0 bridgehead atoms. The van der Waals surface area contributed by atoms with Crippen molar-refractivity contribution in [3.8, 4) is 0 Å². The van der Waals surface area contributed by atoms with E-state index in [4.69, 9.17) is 27.9 Å². The Hall–Kier alpha value is -1.03. The highest BCUT2D eigenvalue weighted by Crippen LogP contribution is 2.21. The van der Waals surface area contributed by atoms with E-state index in [0.717, 1.165) is 5.56 Å². The number of aliphatic hydroxyl groups excluding tert-OH is 1. The number of aliphatic hydroxyl groups is 1. The quantitative estimate of drug-likeness (QED) is 0.477. The van der Waals surface area contributed by atoms with E-state index in [1.54, 1.807) is 13.0 Å². The van der Waals surface area contributed by atoms with Gasteiger partial charge in [-0.25, -0.2) is 4.79 Å². The van der Waals surface area contributed by atoms with Gasteiger partial charge in [0.05, 0.1) is 12.7 Å². The maximum Gasteiger partial charge on any atom is 0.330 e. The second-order valence-electron chi connectivity index (χ2n) is 4.29. The van der Waals surface area contributed by atoms with Crippen molar-refractivity contribution in [3.05, 3.63) is 48.0 Å². The largest absolute Gasteiger partial charge is 0.463 e. The Balaban J connectivity index is 2.78. The summed E-state index contributed by atoms with van der Waals surface area (Å²) in [6, 6.07) is 9.61. The fourth-order valence-corrected chi connectivity index (χ4v) is 2.14. The van der Waals surface area contributed by atoms with E-state index < -0.39 is 16.9 Å². The lowest BCUT2D eigenvalue weighted by molar-refractivity contribution is -0.137. The molecular weight excluding hydrogens is 299 g/mol. The zero-order valence-electron chi connectivity index (χ0n) is 11.2. The fourth-order valence-electron chi connectivity index (χ4n) is 1.77. The molecule has 1 N–H and O–H groups in total. The lowest BCUT2D eigenvalue weighted by atomic mass is 9.94. The lowest BCUT2D eigenvalue weighted by Crippen LogP contribution is -2.27. The Kier molecular flexibility index (Phi) is 7.67. The van der Waals surface area contributed by atoms with E-state index in [1.807, 2.05) is 30.3 Å². The number of carbonyl (C=O) groups excluding carboxylic acids is 1. The molecule has 0 aliphatic carbocycles. The van der Waals surface area contributed by atoms with Crippen LogP contribution >= 0.6 is 23.2 Å². The van der Waals surface area contributed by atoms with Crippen LogP contribution in [-0.2, 0) is 16.0 Å². The number of alkyl halides is 2. The standard InChI is InChI=1S/C15H18Cl2O3/c1-2-20-13(18)9-8-12(14(19)15(16)17)10-11-6-4-3-5-7-11/h3-9,12,14-15,19H,2,10H2,1H3/b9-8+/t12-,14+/m0/s1. The molecule has 1 rings (SSSR count). The van der Waals surface area contributed by atoms with Gasteiger partial charge in [0.25, 0.3) is 0 Å². The summed E-state index contributed by atoms with van der Waals surface area (Å²) in [5.41, 5.74) is 1.03. The average Bonchev–Trinajstić information content (AvgIpc) is 2.44. The number of benzene rings is 1. The van der Waals surface area contributed by atoms with E-state index in [2.05, 4.69) is 0 Å². The van der Waals surface area contributed by atoms with Gasteiger partial charge in [-0.1, -0.05) is 36.4 Å². The van der Waals surface area contributed by atoms with Crippen molar-refractivity contribution < 1.29 is 14.6 Å². The second kappa shape index (κ2) is 9.01. The average molecular weight is 317 g/mol. The molecule has 20 heavy (non-hydrogen) atoms. The highest BCUT2D eigenvalue weighted by Gasteiger charge is 2.23. The van der Waals surface area contributed by atoms with Crippen molar-refractivity contribution in [2.24, 2.45) is 5.92 Å². The van der Waals surface area contributed by atoms with Crippen molar-refractivity contribution in [2.45, 2.75) is 24.3 Å². The third-order valence-corrected chi connectivity index (χ3v) is 3.29. The predicted octanol–water partition coefficient (Wildman–Crippen LogP) is 3.13. The van der Waals surface area contributed by atoms with E-state index in [0.29, 0.717) is 13.0 Å². The fraction of sp³-hybridized carbons (Fsp3) is 0.400. The molecule has 0 unspecified atom stereocenters. The van der Waals surface area contributed by atoms with Gasteiger partial charge in [-0.15, -0.1) is 23.2 Å². The number of rotatable bonds is 7. The van der Waals surface area contributed by atoms with Crippen LogP contribution in [0.25, 0.3) is 0 Å². The molecule has 2 atom stereocenters. The lowest BCUT2D eigenvalue weighted by Gasteiger charge is -2.20. The highest BCUT2D eigenvalue weighted by atomic mass is 35.5. The summed E-state index contributed by atoms with van der Waals surface area (Å²) >= 11 is 11.5. The third kappa shape index (κ3) is 5.95. The van der Waals surface area contributed by atoms with Gasteiger partial charge in [-0.3, -0.25) is 0 Å². The van der Waals surface area contributed by atoms with Crippen molar-refractivity contribution in [1.29, 1.82) is 0 Å². The summed E-state index contributed by atoms with van der Waals surface area (Å²) in [5, 5.41) is 10.0. The zero-order valence-corrected chi connectivity index (χ0v) is 12.7. The molecule has 0 aliphatic rings. The first-order valence-electron chi connectivity index (χ1n) is 6.39. The van der Waals surface area contributed by atoms with Crippen LogP contribution in [0, 0.1) is 5.92 Å². The van der Waals surface area contributed by atoms with Crippen molar-refractivity contribution >= 4 is 29.2 Å². The molecule has 0 spiro atoms.